The molecule has 0 fully saturated rings. The Morgan fingerprint density at radius 2 is 1.87 bits per heavy atom. The lowest BCUT2D eigenvalue weighted by molar-refractivity contribution is 0.600. The van der Waals surface area contributed by atoms with E-state index >= 15 is 4.39 Å². The number of hydrogen-bond donors (Lipinski definition) is 3. The number of aromatic nitrogens is 7. The molecule has 1 aromatic carbocycles. The van der Waals surface area contributed by atoms with Crippen LogP contribution in [0.15, 0.2) is 55.1 Å². The van der Waals surface area contributed by atoms with E-state index in [-0.39, 0.29) is 40.3 Å². The lowest BCUT2D eigenvalue weighted by Gasteiger charge is -2.06. The van der Waals surface area contributed by atoms with Crippen molar-refractivity contribution in [1.29, 1.82) is 0 Å². The van der Waals surface area contributed by atoms with E-state index in [9.17, 15) is 12.8 Å². The smallest absolute Gasteiger partial charge is 0.184 e. The van der Waals surface area contributed by atoms with Crippen LogP contribution in [-0.4, -0.2) is 55.5 Å². The predicted octanol–water partition coefficient (Wildman–Crippen LogP) is 4.07. The zero-order chi connectivity index (χ0) is 27.3. The fourth-order valence-electron chi connectivity index (χ4n) is 4.43. The number of anilines is 1. The lowest BCUT2D eigenvalue weighted by Crippen LogP contribution is -2.06. The third-order valence-corrected chi connectivity index (χ3v) is 7.17. The van der Waals surface area contributed by atoms with Crippen LogP contribution in [0.5, 0.6) is 0 Å². The molecule has 13 heteroatoms. The molecule has 0 aliphatic carbocycles. The largest absolute Gasteiger partial charge is 0.397 e. The number of halogens is 2. The Morgan fingerprint density at radius 1 is 1.03 bits per heavy atom. The van der Waals surface area contributed by atoms with Gasteiger partial charge in [0, 0.05) is 47.7 Å². The molecule has 0 unspecified atom stereocenters. The molecule has 0 saturated heterocycles. The topological polar surface area (TPSA) is 156 Å². The minimum atomic E-state index is -3.22. The second-order valence-corrected chi connectivity index (χ2v) is 11.4. The van der Waals surface area contributed by atoms with E-state index in [2.05, 4.69) is 35.1 Å². The number of sulfone groups is 1. The number of nitrogens with one attached hydrogen (secondary N) is 2. The molecule has 196 valence electrons. The Bertz CT molecular complexity index is 2000. The molecule has 0 saturated carbocycles. The van der Waals surface area contributed by atoms with Gasteiger partial charge in [-0.1, -0.05) is 0 Å². The minimum absolute atomic E-state index is 0.111. The van der Waals surface area contributed by atoms with Crippen LogP contribution in [0.4, 0.5) is 14.5 Å². The summed E-state index contributed by atoms with van der Waals surface area (Å²) in [5, 5.41) is 7.06. The highest BCUT2D eigenvalue weighted by molar-refractivity contribution is 7.90. The van der Waals surface area contributed by atoms with Gasteiger partial charge in [0.15, 0.2) is 11.5 Å². The quantitative estimate of drug-likeness (QED) is 0.282. The number of rotatable bonds is 6. The molecule has 0 spiro atoms. The van der Waals surface area contributed by atoms with Gasteiger partial charge in [0.05, 0.1) is 28.0 Å². The lowest BCUT2D eigenvalue weighted by atomic mass is 10.0. The molecule has 6 aromatic rings. The van der Waals surface area contributed by atoms with E-state index in [1.54, 1.807) is 24.4 Å². The maximum atomic E-state index is 15.8. The summed E-state index contributed by atoms with van der Waals surface area (Å²) in [7, 11) is -3.22. The Balaban J connectivity index is 1.46. The van der Waals surface area contributed by atoms with Gasteiger partial charge in [-0.25, -0.2) is 27.2 Å². The first-order valence-electron chi connectivity index (χ1n) is 11.7. The molecule has 0 amide bonds. The van der Waals surface area contributed by atoms with Crippen molar-refractivity contribution in [2.75, 3.05) is 17.7 Å². The molecule has 6 rings (SSSR count). The minimum Gasteiger partial charge on any atom is -0.397 e. The molecule has 39 heavy (non-hydrogen) atoms. The summed E-state index contributed by atoms with van der Waals surface area (Å²) in [6, 6.07) is 7.58. The van der Waals surface area contributed by atoms with Crippen molar-refractivity contribution in [3.63, 3.8) is 0 Å². The first-order valence-corrected chi connectivity index (χ1v) is 13.8. The Labute approximate surface area is 220 Å². The van der Waals surface area contributed by atoms with Crippen LogP contribution in [0.3, 0.4) is 0 Å². The highest BCUT2D eigenvalue weighted by atomic mass is 32.2. The number of aryl methyl sites for hydroxylation is 1. The fourth-order valence-corrected chi connectivity index (χ4v) is 5.03. The molecule has 10 nitrogen and oxygen atoms in total. The number of aromatic amines is 2. The SMILES string of the molecule is CS(=O)(=O)CCc1cc(F)cc(-c2nccc3[nH]c(-c4[nH]nc5ncc(-c6cncc(N)c6)c(F)c45)nc23)c1. The maximum Gasteiger partial charge on any atom is 0.184 e. The highest BCUT2D eigenvalue weighted by Gasteiger charge is 2.21. The third-order valence-electron chi connectivity index (χ3n) is 6.22. The fraction of sp³-hybridized carbons (Fsp3) is 0.115. The highest BCUT2D eigenvalue weighted by Crippen LogP contribution is 2.34. The second-order valence-electron chi connectivity index (χ2n) is 9.16. The van der Waals surface area contributed by atoms with Crippen molar-refractivity contribution >= 4 is 37.6 Å². The number of hydrogen-bond acceptors (Lipinski definition) is 8. The van der Waals surface area contributed by atoms with Crippen LogP contribution < -0.4 is 5.73 Å². The van der Waals surface area contributed by atoms with E-state index in [0.717, 1.165) is 6.26 Å². The molecule has 0 bridgehead atoms. The summed E-state index contributed by atoms with van der Waals surface area (Å²) in [5.41, 5.74) is 9.60. The van der Waals surface area contributed by atoms with Gasteiger partial charge in [-0.05, 0) is 42.3 Å². The van der Waals surface area contributed by atoms with Gasteiger partial charge >= 0.3 is 0 Å². The number of nitrogen functional groups attached to an aromatic ring is 1. The van der Waals surface area contributed by atoms with Crippen molar-refractivity contribution in [1.82, 2.24) is 35.1 Å². The Kier molecular flexibility index (Phi) is 5.79. The molecule has 0 aliphatic heterocycles. The first kappa shape index (κ1) is 24.6. The van der Waals surface area contributed by atoms with E-state index in [4.69, 9.17) is 5.73 Å². The van der Waals surface area contributed by atoms with Crippen molar-refractivity contribution in [3.05, 3.63) is 72.3 Å². The Morgan fingerprint density at radius 3 is 2.67 bits per heavy atom. The van der Waals surface area contributed by atoms with Gasteiger partial charge in [0.2, 0.25) is 0 Å². The maximum absolute atomic E-state index is 15.8. The van der Waals surface area contributed by atoms with E-state index in [1.807, 2.05) is 0 Å². The number of fused-ring (bicyclic) bond motifs is 2. The zero-order valence-electron chi connectivity index (χ0n) is 20.4. The van der Waals surface area contributed by atoms with Crippen molar-refractivity contribution in [2.45, 2.75) is 6.42 Å². The van der Waals surface area contributed by atoms with E-state index in [0.29, 0.717) is 39.1 Å². The van der Waals surface area contributed by atoms with Gasteiger partial charge < -0.3 is 10.7 Å². The summed E-state index contributed by atoms with van der Waals surface area (Å²) >= 11 is 0. The van der Waals surface area contributed by atoms with Gasteiger partial charge in [0.1, 0.15) is 32.7 Å². The standard InChI is InChI=1S/C26H20F2N8O2S/c1-39(37,38)5-3-13-6-14(8-16(27)7-13)22-23-19(2-4-31-22)33-26(34-23)24-20-21(28)18(12-32-25(20)36-35-24)15-9-17(29)11-30-10-15/h2,4,6-12H,3,5,29H2,1H3,(H,33,34)(H,32,35,36). The van der Waals surface area contributed by atoms with Crippen LogP contribution in [0, 0.1) is 11.6 Å². The molecule has 4 N–H and O–H groups in total. The molecule has 0 aliphatic rings. The number of H-pyrrole nitrogens is 2. The van der Waals surface area contributed by atoms with Gasteiger partial charge in [-0.15, -0.1) is 0 Å². The average Bonchev–Trinajstić information content (AvgIpc) is 3.51. The van der Waals surface area contributed by atoms with Crippen LogP contribution in [0.1, 0.15) is 5.56 Å². The first-order chi connectivity index (χ1) is 18.7. The zero-order valence-corrected chi connectivity index (χ0v) is 21.2. The van der Waals surface area contributed by atoms with Gasteiger partial charge in [0.25, 0.3) is 0 Å². The summed E-state index contributed by atoms with van der Waals surface area (Å²) in [6.07, 6.45) is 7.15. The van der Waals surface area contributed by atoms with Crippen LogP contribution >= 0.6 is 0 Å². The van der Waals surface area contributed by atoms with Crippen LogP contribution in [0.25, 0.3) is 56.0 Å². The van der Waals surface area contributed by atoms with E-state index < -0.39 is 21.5 Å². The molecular formula is C26H20F2N8O2S. The van der Waals surface area contributed by atoms with Gasteiger partial charge in [-0.2, -0.15) is 5.10 Å². The summed E-state index contributed by atoms with van der Waals surface area (Å²) in [5.74, 6) is -0.934. The summed E-state index contributed by atoms with van der Waals surface area (Å²) < 4.78 is 53.5. The summed E-state index contributed by atoms with van der Waals surface area (Å²) in [4.78, 5) is 20.5. The number of nitrogens with two attached hydrogens (primary N) is 1. The van der Waals surface area contributed by atoms with E-state index in [1.165, 1.54) is 30.7 Å². The van der Waals surface area contributed by atoms with Crippen molar-refractivity contribution in [3.8, 4) is 33.9 Å². The normalized spacial score (nSPS) is 12.0. The molecule has 0 radical (unpaired) electrons. The average molecular weight is 547 g/mol. The molecule has 5 aromatic heterocycles. The third kappa shape index (κ3) is 4.68. The number of benzene rings is 1. The number of imidazole rings is 1. The van der Waals surface area contributed by atoms with Crippen molar-refractivity contribution < 1.29 is 17.2 Å². The van der Waals surface area contributed by atoms with Crippen molar-refractivity contribution in [2.24, 2.45) is 0 Å². The number of pyridine rings is 3. The summed E-state index contributed by atoms with van der Waals surface area (Å²) in [6.45, 7) is 0. The monoisotopic (exact) mass is 546 g/mol. The molecular weight excluding hydrogens is 526 g/mol. The molecule has 5 heterocycles. The predicted molar refractivity (Wildman–Crippen MR) is 143 cm³/mol. The van der Waals surface area contributed by atoms with Gasteiger partial charge in [-0.3, -0.25) is 15.1 Å². The van der Waals surface area contributed by atoms with Crippen LogP contribution in [0.2, 0.25) is 0 Å². The number of nitrogens with zero attached hydrogens (tertiary/aromatic N) is 5. The second kappa shape index (κ2) is 9.20. The Hall–Kier alpha value is -4.78. The molecule has 0 atom stereocenters. The van der Waals surface area contributed by atoms with Crippen LogP contribution in [-0.2, 0) is 16.3 Å².